The summed E-state index contributed by atoms with van der Waals surface area (Å²) in [5, 5.41) is 21.1. The number of rotatable bonds is 11. The molecule has 2 aromatic rings. The highest BCUT2D eigenvalue weighted by atomic mass is 16.5. The van der Waals surface area contributed by atoms with Crippen LogP contribution in [0.15, 0.2) is 54.6 Å². The number of carbonyl (C=O) groups excluding carboxylic acids is 1. The number of hydrogen-bond donors (Lipinski definition) is 2. The lowest BCUT2D eigenvalue weighted by atomic mass is 10.0. The topological polar surface area (TPSA) is 118 Å². The summed E-state index contributed by atoms with van der Waals surface area (Å²) in [5.74, 6) is -0.389. The van der Waals surface area contributed by atoms with Crippen molar-refractivity contribution in [1.82, 2.24) is 5.32 Å². The Kier molecular flexibility index (Phi) is 8.87. The maximum Gasteiger partial charge on any atom is 0.341 e. The van der Waals surface area contributed by atoms with E-state index in [0.717, 1.165) is 5.56 Å². The fraction of sp³-hybridized carbons (Fsp3) is 0.208. The second kappa shape index (κ2) is 11.8. The number of carboxylic acid groups (broad SMARTS) is 1. The molecule has 8 nitrogen and oxygen atoms in total. The normalized spacial score (nSPS) is 10.6. The van der Waals surface area contributed by atoms with Crippen LogP contribution in [0.25, 0.3) is 6.08 Å². The molecule has 0 fully saturated rings. The lowest BCUT2D eigenvalue weighted by Gasteiger charge is -2.15. The fourth-order valence-electron chi connectivity index (χ4n) is 2.86. The summed E-state index contributed by atoms with van der Waals surface area (Å²) in [6.07, 6.45) is 3.43. The number of amides is 1. The van der Waals surface area contributed by atoms with Gasteiger partial charge in [-0.05, 0) is 47.9 Å². The van der Waals surface area contributed by atoms with Crippen LogP contribution in [-0.2, 0) is 22.6 Å². The van der Waals surface area contributed by atoms with Gasteiger partial charge in [-0.1, -0.05) is 18.2 Å². The van der Waals surface area contributed by atoms with Gasteiger partial charge in [-0.15, -0.1) is 6.58 Å². The maximum absolute atomic E-state index is 12.5. The average Bonchev–Trinajstić information content (AvgIpc) is 2.80. The molecule has 0 saturated heterocycles. The predicted molar refractivity (Wildman–Crippen MR) is 118 cm³/mol. The largest absolute Gasteiger partial charge is 0.497 e. The van der Waals surface area contributed by atoms with Crippen LogP contribution in [0.4, 0.5) is 0 Å². The number of nitrogens with zero attached hydrogens (tertiary/aromatic N) is 1. The Bertz CT molecular complexity index is 1050. The maximum atomic E-state index is 12.5. The third-order valence-electron chi connectivity index (χ3n) is 4.37. The van der Waals surface area contributed by atoms with Crippen LogP contribution in [0, 0.1) is 11.3 Å². The van der Waals surface area contributed by atoms with E-state index in [1.54, 1.807) is 37.5 Å². The van der Waals surface area contributed by atoms with E-state index in [9.17, 15) is 14.9 Å². The molecule has 0 aliphatic rings. The highest BCUT2D eigenvalue weighted by Gasteiger charge is 2.15. The summed E-state index contributed by atoms with van der Waals surface area (Å²) in [6, 6.07) is 12.4. The van der Waals surface area contributed by atoms with Crippen LogP contribution < -0.4 is 19.5 Å². The van der Waals surface area contributed by atoms with Gasteiger partial charge in [0, 0.05) is 12.1 Å². The van der Waals surface area contributed by atoms with E-state index in [0.29, 0.717) is 23.3 Å². The number of aliphatic carboxylic acids is 1. The highest BCUT2D eigenvalue weighted by Crippen LogP contribution is 2.34. The van der Waals surface area contributed by atoms with Gasteiger partial charge in [0.2, 0.25) is 0 Å². The molecule has 0 radical (unpaired) electrons. The van der Waals surface area contributed by atoms with Crippen molar-refractivity contribution in [2.75, 3.05) is 20.8 Å². The zero-order valence-corrected chi connectivity index (χ0v) is 17.9. The first-order valence-electron chi connectivity index (χ1n) is 9.61. The van der Waals surface area contributed by atoms with Crippen LogP contribution in [0.5, 0.6) is 17.2 Å². The Morgan fingerprint density at radius 1 is 1.19 bits per heavy atom. The molecule has 8 heteroatoms. The molecule has 0 heterocycles. The minimum absolute atomic E-state index is 0.0932. The summed E-state index contributed by atoms with van der Waals surface area (Å²) in [5.41, 5.74) is 1.90. The van der Waals surface area contributed by atoms with Crippen LogP contribution in [0.2, 0.25) is 0 Å². The summed E-state index contributed by atoms with van der Waals surface area (Å²) < 4.78 is 15.8. The molecule has 0 atom stereocenters. The molecule has 0 spiro atoms. The number of carbonyl (C=O) groups is 2. The number of ether oxygens (including phenoxy) is 3. The summed E-state index contributed by atoms with van der Waals surface area (Å²) in [4.78, 5) is 23.4. The SMILES string of the molecule is C=CCc1cc(/C=C(/C#N)C(=O)NCc2ccc(OC)cc2)cc(OC)c1OCC(=O)O. The highest BCUT2D eigenvalue weighted by molar-refractivity contribution is 6.01. The van der Waals surface area contributed by atoms with Crippen molar-refractivity contribution >= 4 is 18.0 Å². The molecule has 32 heavy (non-hydrogen) atoms. The minimum Gasteiger partial charge on any atom is -0.497 e. The standard InChI is InChI=1S/C24H24N2O6/c1-4-5-18-10-17(12-21(31-3)23(18)32-15-22(27)28)11-19(13-25)24(29)26-14-16-6-8-20(30-2)9-7-16/h4,6-12H,1,5,14-15H2,2-3H3,(H,26,29)(H,27,28)/b19-11-. The minimum atomic E-state index is -1.12. The smallest absolute Gasteiger partial charge is 0.341 e. The van der Waals surface area contributed by atoms with Crippen molar-refractivity contribution < 1.29 is 28.9 Å². The molecule has 1 amide bonds. The lowest BCUT2D eigenvalue weighted by molar-refractivity contribution is -0.139. The summed E-state index contributed by atoms with van der Waals surface area (Å²) >= 11 is 0. The van der Waals surface area contributed by atoms with E-state index in [-0.39, 0.29) is 23.6 Å². The first kappa shape index (κ1) is 24.0. The van der Waals surface area contributed by atoms with Gasteiger partial charge < -0.3 is 24.6 Å². The molecule has 0 aromatic heterocycles. The molecule has 0 bridgehead atoms. The number of nitrogens with one attached hydrogen (secondary N) is 1. The van der Waals surface area contributed by atoms with Crippen LogP contribution >= 0.6 is 0 Å². The Morgan fingerprint density at radius 2 is 1.91 bits per heavy atom. The monoisotopic (exact) mass is 436 g/mol. The van der Waals surface area contributed by atoms with Crippen molar-refractivity contribution in [3.63, 3.8) is 0 Å². The first-order chi connectivity index (χ1) is 15.4. The molecule has 0 saturated carbocycles. The van der Waals surface area contributed by atoms with Gasteiger partial charge in [0.1, 0.15) is 17.4 Å². The van der Waals surface area contributed by atoms with E-state index in [1.165, 1.54) is 13.2 Å². The van der Waals surface area contributed by atoms with Gasteiger partial charge in [0.05, 0.1) is 14.2 Å². The van der Waals surface area contributed by atoms with Gasteiger partial charge in [-0.2, -0.15) is 5.26 Å². The number of methoxy groups -OCH3 is 2. The van der Waals surface area contributed by atoms with Crippen molar-refractivity contribution in [2.45, 2.75) is 13.0 Å². The van der Waals surface area contributed by atoms with Crippen LogP contribution in [0.3, 0.4) is 0 Å². The molecule has 2 aromatic carbocycles. The third kappa shape index (κ3) is 6.64. The van der Waals surface area contributed by atoms with E-state index >= 15 is 0 Å². The van der Waals surface area contributed by atoms with Crippen molar-refractivity contribution in [2.24, 2.45) is 0 Å². The zero-order valence-electron chi connectivity index (χ0n) is 17.9. The van der Waals surface area contributed by atoms with Crippen molar-refractivity contribution in [3.05, 3.63) is 71.3 Å². The Morgan fingerprint density at radius 3 is 2.47 bits per heavy atom. The van der Waals surface area contributed by atoms with E-state index < -0.39 is 18.5 Å². The number of allylic oxidation sites excluding steroid dienone is 1. The van der Waals surface area contributed by atoms with Crippen LogP contribution in [-0.4, -0.2) is 37.8 Å². The summed E-state index contributed by atoms with van der Waals surface area (Å²) in [6.45, 7) is 3.40. The zero-order chi connectivity index (χ0) is 23.5. The van der Waals surface area contributed by atoms with E-state index in [1.807, 2.05) is 18.2 Å². The number of hydrogen-bond acceptors (Lipinski definition) is 6. The van der Waals surface area contributed by atoms with Crippen LogP contribution in [0.1, 0.15) is 16.7 Å². The average molecular weight is 436 g/mol. The number of benzene rings is 2. The van der Waals surface area contributed by atoms with Crippen molar-refractivity contribution in [3.8, 4) is 23.3 Å². The van der Waals surface area contributed by atoms with Gasteiger partial charge >= 0.3 is 5.97 Å². The first-order valence-corrected chi connectivity index (χ1v) is 9.61. The molecule has 0 unspecified atom stereocenters. The molecule has 0 aliphatic carbocycles. The van der Waals surface area contributed by atoms with Gasteiger partial charge in [-0.3, -0.25) is 4.79 Å². The lowest BCUT2D eigenvalue weighted by Crippen LogP contribution is -2.23. The van der Waals surface area contributed by atoms with Gasteiger partial charge in [0.25, 0.3) is 5.91 Å². The molecule has 2 N–H and O–H groups in total. The molecular formula is C24H24N2O6. The predicted octanol–water partition coefficient (Wildman–Crippen LogP) is 3.12. The molecular weight excluding hydrogens is 412 g/mol. The summed E-state index contributed by atoms with van der Waals surface area (Å²) in [7, 11) is 2.99. The second-order valence-corrected chi connectivity index (χ2v) is 6.59. The van der Waals surface area contributed by atoms with E-state index in [4.69, 9.17) is 19.3 Å². The number of nitriles is 1. The Hall–Kier alpha value is -4.25. The quantitative estimate of drug-likeness (QED) is 0.316. The second-order valence-electron chi connectivity index (χ2n) is 6.59. The van der Waals surface area contributed by atoms with Gasteiger partial charge in [-0.25, -0.2) is 4.79 Å². The van der Waals surface area contributed by atoms with Crippen molar-refractivity contribution in [1.29, 1.82) is 5.26 Å². The molecule has 2 rings (SSSR count). The Balaban J connectivity index is 2.26. The van der Waals surface area contributed by atoms with E-state index in [2.05, 4.69) is 11.9 Å². The third-order valence-corrected chi connectivity index (χ3v) is 4.37. The van der Waals surface area contributed by atoms with Gasteiger partial charge in [0.15, 0.2) is 18.1 Å². The number of carboxylic acids is 1. The Labute approximate surface area is 186 Å². The molecule has 166 valence electrons. The molecule has 0 aliphatic heterocycles. The fourth-order valence-corrected chi connectivity index (χ4v) is 2.86.